The summed E-state index contributed by atoms with van der Waals surface area (Å²) < 4.78 is 0. The number of nitrogens with one attached hydrogen (secondary N) is 2. The van der Waals surface area contributed by atoms with E-state index in [0.29, 0.717) is 30.4 Å². The van der Waals surface area contributed by atoms with E-state index >= 15 is 0 Å². The molecule has 0 aliphatic carbocycles. The summed E-state index contributed by atoms with van der Waals surface area (Å²) in [5.41, 5.74) is 1.70. The number of para-hydroxylation sites is 1. The monoisotopic (exact) mass is 338 g/mol. The molecule has 128 valence electrons. The first kappa shape index (κ1) is 16.7. The maximum Gasteiger partial charge on any atom is 0.335 e. The number of fused-ring (bicyclic) bond motifs is 1. The van der Waals surface area contributed by atoms with Crippen LogP contribution in [0.5, 0.6) is 0 Å². The van der Waals surface area contributed by atoms with Crippen molar-refractivity contribution < 1.29 is 15.0 Å². The van der Waals surface area contributed by atoms with Gasteiger partial charge < -0.3 is 20.8 Å². The van der Waals surface area contributed by atoms with Crippen LogP contribution in [0.2, 0.25) is 0 Å². The van der Waals surface area contributed by atoms with Crippen molar-refractivity contribution in [2.75, 3.05) is 23.8 Å². The van der Waals surface area contributed by atoms with E-state index in [4.69, 9.17) is 10.2 Å². The van der Waals surface area contributed by atoms with Gasteiger partial charge in [-0.3, -0.25) is 0 Å². The molecule has 0 saturated heterocycles. The van der Waals surface area contributed by atoms with Gasteiger partial charge in [-0.1, -0.05) is 12.1 Å². The summed E-state index contributed by atoms with van der Waals surface area (Å²) in [5.74, 6) is 0.126. The summed E-state index contributed by atoms with van der Waals surface area (Å²) in [6.07, 6.45) is 0.623. The van der Waals surface area contributed by atoms with Crippen LogP contribution >= 0.6 is 0 Å². The fourth-order valence-electron chi connectivity index (χ4n) is 2.38. The van der Waals surface area contributed by atoms with Crippen LogP contribution in [0.4, 0.5) is 17.5 Å². The number of aromatic carboxylic acids is 1. The number of aliphatic hydroxyl groups is 1. The van der Waals surface area contributed by atoms with Gasteiger partial charge in [0.05, 0.1) is 11.1 Å². The third-order valence-electron chi connectivity index (χ3n) is 3.62. The van der Waals surface area contributed by atoms with E-state index in [1.54, 1.807) is 12.1 Å². The van der Waals surface area contributed by atoms with E-state index in [9.17, 15) is 4.79 Å². The van der Waals surface area contributed by atoms with E-state index in [-0.39, 0.29) is 12.2 Å². The molecule has 1 aromatic heterocycles. The van der Waals surface area contributed by atoms with Crippen LogP contribution in [-0.4, -0.2) is 39.3 Å². The van der Waals surface area contributed by atoms with Crippen LogP contribution < -0.4 is 10.6 Å². The normalized spacial score (nSPS) is 10.6. The van der Waals surface area contributed by atoms with Crippen molar-refractivity contribution in [1.29, 1.82) is 0 Å². The number of nitrogens with zero attached hydrogens (tertiary/aromatic N) is 2. The topological polar surface area (TPSA) is 107 Å². The van der Waals surface area contributed by atoms with Crippen LogP contribution in [0.15, 0.2) is 48.5 Å². The number of hydrogen-bond acceptors (Lipinski definition) is 6. The van der Waals surface area contributed by atoms with Crippen LogP contribution in [-0.2, 0) is 0 Å². The Labute approximate surface area is 144 Å². The molecule has 3 aromatic rings. The van der Waals surface area contributed by atoms with Gasteiger partial charge in [0, 0.05) is 24.2 Å². The van der Waals surface area contributed by atoms with Crippen molar-refractivity contribution in [3.05, 3.63) is 54.1 Å². The molecule has 3 rings (SSSR count). The van der Waals surface area contributed by atoms with Crippen LogP contribution in [0, 0.1) is 0 Å². The first-order chi connectivity index (χ1) is 12.2. The van der Waals surface area contributed by atoms with Gasteiger partial charge in [0.25, 0.3) is 0 Å². The van der Waals surface area contributed by atoms with Gasteiger partial charge in [0.1, 0.15) is 5.82 Å². The lowest BCUT2D eigenvalue weighted by Gasteiger charge is -2.11. The lowest BCUT2D eigenvalue weighted by atomic mass is 10.2. The smallest absolute Gasteiger partial charge is 0.335 e. The van der Waals surface area contributed by atoms with Crippen molar-refractivity contribution >= 4 is 34.3 Å². The van der Waals surface area contributed by atoms with Crippen molar-refractivity contribution in [2.24, 2.45) is 0 Å². The molecule has 0 aliphatic heterocycles. The molecule has 0 radical (unpaired) electrons. The van der Waals surface area contributed by atoms with E-state index in [1.165, 1.54) is 12.1 Å². The number of anilines is 3. The standard InChI is InChI=1S/C18H18N4O3/c23-11-3-10-19-16-14-4-1-2-5-15(14)21-18(22-16)20-13-8-6-12(7-9-13)17(24)25/h1-2,4-9,23H,3,10-11H2,(H,24,25)(H2,19,20,21,22). The Balaban J connectivity index is 1.88. The summed E-state index contributed by atoms with van der Waals surface area (Å²) in [6.45, 7) is 0.710. The highest BCUT2D eigenvalue weighted by Gasteiger charge is 2.08. The van der Waals surface area contributed by atoms with Gasteiger partial charge in [0.15, 0.2) is 0 Å². The summed E-state index contributed by atoms with van der Waals surface area (Å²) >= 11 is 0. The molecule has 0 aliphatic rings. The Kier molecular flexibility index (Phi) is 5.06. The summed E-state index contributed by atoms with van der Waals surface area (Å²) in [6, 6.07) is 14.0. The summed E-state index contributed by atoms with van der Waals surface area (Å²) in [7, 11) is 0. The Morgan fingerprint density at radius 3 is 2.52 bits per heavy atom. The van der Waals surface area contributed by atoms with Gasteiger partial charge in [-0.15, -0.1) is 0 Å². The lowest BCUT2D eigenvalue weighted by Crippen LogP contribution is -2.08. The zero-order chi connectivity index (χ0) is 17.6. The molecule has 0 saturated carbocycles. The average Bonchev–Trinajstić information content (AvgIpc) is 2.62. The molecule has 0 atom stereocenters. The third-order valence-corrected chi connectivity index (χ3v) is 3.62. The second-order valence-corrected chi connectivity index (χ2v) is 5.42. The second-order valence-electron chi connectivity index (χ2n) is 5.42. The maximum atomic E-state index is 10.9. The minimum Gasteiger partial charge on any atom is -0.478 e. The van der Waals surface area contributed by atoms with E-state index < -0.39 is 5.97 Å². The molecule has 0 unspecified atom stereocenters. The van der Waals surface area contributed by atoms with Crippen molar-refractivity contribution in [1.82, 2.24) is 9.97 Å². The van der Waals surface area contributed by atoms with Crippen molar-refractivity contribution in [2.45, 2.75) is 6.42 Å². The minimum atomic E-state index is -0.969. The number of carboxylic acid groups (broad SMARTS) is 1. The molecule has 25 heavy (non-hydrogen) atoms. The SMILES string of the molecule is O=C(O)c1ccc(Nc2nc(NCCCO)c3ccccc3n2)cc1. The average molecular weight is 338 g/mol. The summed E-state index contributed by atoms with van der Waals surface area (Å²) in [5, 5.41) is 25.1. The molecule has 1 heterocycles. The Hall–Kier alpha value is -3.19. The maximum absolute atomic E-state index is 10.9. The number of benzene rings is 2. The number of hydrogen-bond donors (Lipinski definition) is 4. The Morgan fingerprint density at radius 1 is 1.04 bits per heavy atom. The molecule has 0 fully saturated rings. The molecular weight excluding hydrogens is 320 g/mol. The highest BCUT2D eigenvalue weighted by atomic mass is 16.4. The number of aromatic nitrogens is 2. The number of carboxylic acids is 1. The van der Waals surface area contributed by atoms with Gasteiger partial charge in [-0.05, 0) is 42.8 Å². The first-order valence-corrected chi connectivity index (χ1v) is 7.89. The van der Waals surface area contributed by atoms with Gasteiger partial charge in [0.2, 0.25) is 5.95 Å². The Bertz CT molecular complexity index is 881. The van der Waals surface area contributed by atoms with Crippen molar-refractivity contribution in [3.8, 4) is 0 Å². The largest absolute Gasteiger partial charge is 0.478 e. The highest BCUT2D eigenvalue weighted by Crippen LogP contribution is 2.23. The fraction of sp³-hybridized carbons (Fsp3) is 0.167. The Morgan fingerprint density at radius 2 is 1.80 bits per heavy atom. The molecular formula is C18H18N4O3. The van der Waals surface area contributed by atoms with Crippen LogP contribution in [0.1, 0.15) is 16.8 Å². The van der Waals surface area contributed by atoms with Gasteiger partial charge in [-0.2, -0.15) is 4.98 Å². The van der Waals surface area contributed by atoms with Crippen LogP contribution in [0.25, 0.3) is 10.9 Å². The molecule has 0 spiro atoms. The van der Waals surface area contributed by atoms with Gasteiger partial charge >= 0.3 is 5.97 Å². The zero-order valence-corrected chi connectivity index (χ0v) is 13.4. The summed E-state index contributed by atoms with van der Waals surface area (Å²) in [4.78, 5) is 19.9. The van der Waals surface area contributed by atoms with Crippen LogP contribution in [0.3, 0.4) is 0 Å². The lowest BCUT2D eigenvalue weighted by molar-refractivity contribution is 0.0697. The number of aliphatic hydroxyl groups excluding tert-OH is 1. The fourth-order valence-corrected chi connectivity index (χ4v) is 2.38. The molecule has 2 aromatic carbocycles. The quantitative estimate of drug-likeness (QED) is 0.491. The predicted octanol–water partition coefficient (Wildman–Crippen LogP) is 2.87. The minimum absolute atomic E-state index is 0.108. The molecule has 0 amide bonds. The van der Waals surface area contributed by atoms with E-state index in [1.807, 2.05) is 24.3 Å². The highest BCUT2D eigenvalue weighted by molar-refractivity contribution is 5.90. The molecule has 7 heteroatoms. The first-order valence-electron chi connectivity index (χ1n) is 7.89. The second kappa shape index (κ2) is 7.59. The zero-order valence-electron chi connectivity index (χ0n) is 13.4. The van der Waals surface area contributed by atoms with Crippen molar-refractivity contribution in [3.63, 3.8) is 0 Å². The predicted molar refractivity (Wildman–Crippen MR) is 96.4 cm³/mol. The molecule has 0 bridgehead atoms. The third kappa shape index (κ3) is 4.02. The molecule has 7 nitrogen and oxygen atoms in total. The number of rotatable bonds is 7. The molecule has 4 N–H and O–H groups in total. The van der Waals surface area contributed by atoms with Gasteiger partial charge in [-0.25, -0.2) is 9.78 Å². The number of carbonyl (C=O) groups is 1. The van der Waals surface area contributed by atoms with E-state index in [0.717, 1.165) is 10.9 Å². The van der Waals surface area contributed by atoms with E-state index in [2.05, 4.69) is 20.6 Å².